The van der Waals surface area contributed by atoms with E-state index in [1.165, 1.54) is 0 Å². The maximum atomic E-state index is 13.4. The molecule has 0 spiro atoms. The quantitative estimate of drug-likeness (QED) is 0.328. The third-order valence-electron chi connectivity index (χ3n) is 5.31. The Balaban J connectivity index is 1.71. The van der Waals surface area contributed by atoms with E-state index < -0.39 is 0 Å². The fourth-order valence-electron chi connectivity index (χ4n) is 3.75. The lowest BCUT2D eigenvalue weighted by Gasteiger charge is -2.20. The number of ketones is 2. The lowest BCUT2D eigenvalue weighted by molar-refractivity contribution is 0.0978. The minimum atomic E-state index is -0.198. The zero-order valence-corrected chi connectivity index (χ0v) is 17.1. The Labute approximate surface area is 186 Å². The van der Waals surface area contributed by atoms with Crippen LogP contribution in [0.2, 0.25) is 0 Å². The number of carbonyl (C=O) groups is 2. The summed E-state index contributed by atoms with van der Waals surface area (Å²) in [7, 11) is 0. The van der Waals surface area contributed by atoms with Gasteiger partial charge >= 0.3 is 0 Å². The van der Waals surface area contributed by atoms with Crippen LogP contribution in [0.25, 0.3) is 0 Å². The van der Waals surface area contributed by atoms with Crippen molar-refractivity contribution in [3.63, 3.8) is 0 Å². The molecule has 0 saturated carbocycles. The lowest BCUT2D eigenvalue weighted by Crippen LogP contribution is -2.23. The van der Waals surface area contributed by atoms with Crippen LogP contribution in [-0.2, 0) is 0 Å². The first-order valence-electron chi connectivity index (χ1n) is 10.2. The number of fused-ring (bicyclic) bond motifs is 2. The van der Waals surface area contributed by atoms with E-state index in [0.29, 0.717) is 33.4 Å². The molecule has 0 fully saturated rings. The lowest BCUT2D eigenvalue weighted by atomic mass is 9.79. The molecule has 0 aromatic heterocycles. The molecule has 0 atom stereocenters. The summed E-state index contributed by atoms with van der Waals surface area (Å²) in [6.45, 7) is 0. The topological polar surface area (TPSA) is 34.1 Å². The van der Waals surface area contributed by atoms with E-state index in [-0.39, 0.29) is 11.6 Å². The first-order valence-corrected chi connectivity index (χ1v) is 10.2. The van der Waals surface area contributed by atoms with E-state index in [4.69, 9.17) is 0 Å². The minimum Gasteiger partial charge on any atom is -0.289 e. The molecule has 1 aliphatic rings. The molecule has 0 N–H and O–H groups in total. The Bertz CT molecular complexity index is 1370. The van der Waals surface area contributed by atoms with Crippen molar-refractivity contribution in [3.8, 4) is 23.7 Å². The predicted molar refractivity (Wildman–Crippen MR) is 125 cm³/mol. The Morgan fingerprint density at radius 1 is 0.406 bits per heavy atom. The van der Waals surface area contributed by atoms with E-state index in [1.54, 1.807) is 36.4 Å². The largest absolute Gasteiger partial charge is 0.289 e. The Morgan fingerprint density at radius 3 is 1.19 bits per heavy atom. The van der Waals surface area contributed by atoms with Gasteiger partial charge in [-0.05, 0) is 36.4 Å². The van der Waals surface area contributed by atoms with Crippen LogP contribution in [0.1, 0.15) is 54.1 Å². The van der Waals surface area contributed by atoms with Crippen LogP contribution in [-0.4, -0.2) is 11.6 Å². The van der Waals surface area contributed by atoms with E-state index in [0.717, 1.165) is 11.1 Å². The molecule has 0 heterocycles. The summed E-state index contributed by atoms with van der Waals surface area (Å²) in [6, 6.07) is 29.6. The summed E-state index contributed by atoms with van der Waals surface area (Å²) in [5.41, 5.74) is 4.20. The van der Waals surface area contributed by atoms with Crippen molar-refractivity contribution in [1.29, 1.82) is 0 Å². The molecule has 32 heavy (non-hydrogen) atoms. The molecule has 4 aromatic rings. The van der Waals surface area contributed by atoms with Gasteiger partial charge in [-0.3, -0.25) is 9.59 Å². The zero-order valence-electron chi connectivity index (χ0n) is 17.1. The maximum absolute atomic E-state index is 13.4. The molecule has 0 bridgehead atoms. The van der Waals surface area contributed by atoms with Gasteiger partial charge in [-0.15, -0.1) is 0 Å². The minimum absolute atomic E-state index is 0.198. The van der Waals surface area contributed by atoms with Crippen LogP contribution in [0.5, 0.6) is 0 Å². The Morgan fingerprint density at radius 2 is 0.781 bits per heavy atom. The van der Waals surface area contributed by atoms with E-state index in [2.05, 4.69) is 23.7 Å². The molecule has 5 rings (SSSR count). The average molecular weight is 408 g/mol. The van der Waals surface area contributed by atoms with E-state index in [9.17, 15) is 9.59 Å². The third-order valence-corrected chi connectivity index (χ3v) is 5.31. The van der Waals surface area contributed by atoms with Gasteiger partial charge in [-0.25, -0.2) is 0 Å². The van der Waals surface area contributed by atoms with E-state index >= 15 is 0 Å². The first kappa shape index (κ1) is 19.3. The highest BCUT2D eigenvalue weighted by molar-refractivity contribution is 6.30. The molecule has 0 aliphatic heterocycles. The van der Waals surface area contributed by atoms with Crippen molar-refractivity contribution >= 4 is 11.6 Å². The SMILES string of the molecule is O=C1c2ccccc2C(=O)c2c(C#Cc3ccccc3)ccc(C#Cc3ccccc3)c21. The smallest absolute Gasteiger partial charge is 0.195 e. The van der Waals surface area contributed by atoms with Crippen LogP contribution in [0.4, 0.5) is 0 Å². The van der Waals surface area contributed by atoms with Crippen LogP contribution >= 0.6 is 0 Å². The standard InChI is InChI=1S/C30H16O2/c31-29-25-13-7-8-14-26(25)30(32)28-24(18-16-22-11-5-2-6-12-22)20-19-23(27(28)29)17-15-21-9-3-1-4-10-21/h1-14,19-20H. The molecule has 0 unspecified atom stereocenters. The second kappa shape index (κ2) is 8.23. The molecule has 0 amide bonds. The van der Waals surface area contributed by atoms with Gasteiger partial charge in [0.25, 0.3) is 0 Å². The van der Waals surface area contributed by atoms with Gasteiger partial charge in [0.15, 0.2) is 11.6 Å². The first-order chi connectivity index (χ1) is 15.7. The van der Waals surface area contributed by atoms with Gasteiger partial charge < -0.3 is 0 Å². The number of benzene rings is 4. The Kier molecular flexibility index (Phi) is 4.97. The van der Waals surface area contributed by atoms with Gasteiger partial charge in [0.1, 0.15) is 0 Å². The van der Waals surface area contributed by atoms with Crippen molar-refractivity contribution in [2.24, 2.45) is 0 Å². The number of rotatable bonds is 0. The molecular weight excluding hydrogens is 392 g/mol. The van der Waals surface area contributed by atoms with Crippen LogP contribution in [0.3, 0.4) is 0 Å². The van der Waals surface area contributed by atoms with Gasteiger partial charge in [0.05, 0.1) is 11.1 Å². The van der Waals surface area contributed by atoms with Crippen molar-refractivity contribution in [2.45, 2.75) is 0 Å². The second-order valence-corrected chi connectivity index (χ2v) is 7.35. The molecular formula is C30H16O2. The normalized spacial score (nSPS) is 11.4. The molecule has 148 valence electrons. The van der Waals surface area contributed by atoms with Gasteiger partial charge in [-0.2, -0.15) is 0 Å². The summed E-state index contributed by atoms with van der Waals surface area (Å²) in [5.74, 6) is 12.0. The predicted octanol–water partition coefficient (Wildman–Crippen LogP) is 5.26. The summed E-state index contributed by atoms with van der Waals surface area (Å²) >= 11 is 0. The van der Waals surface area contributed by atoms with E-state index in [1.807, 2.05) is 60.7 Å². The molecule has 0 saturated heterocycles. The highest BCUT2D eigenvalue weighted by atomic mass is 16.1. The highest BCUT2D eigenvalue weighted by Crippen LogP contribution is 2.31. The van der Waals surface area contributed by atoms with Crippen molar-refractivity contribution in [1.82, 2.24) is 0 Å². The summed E-state index contributed by atoms with van der Waals surface area (Å²) in [5, 5.41) is 0. The Hall–Kier alpha value is -4.66. The van der Waals surface area contributed by atoms with Crippen LogP contribution in [0, 0.1) is 23.7 Å². The molecule has 4 aromatic carbocycles. The van der Waals surface area contributed by atoms with Crippen LogP contribution < -0.4 is 0 Å². The third kappa shape index (κ3) is 3.52. The van der Waals surface area contributed by atoms with Crippen LogP contribution in [0.15, 0.2) is 97.1 Å². The number of hydrogen-bond donors (Lipinski definition) is 0. The summed E-state index contributed by atoms with van der Waals surface area (Å²) in [6.07, 6.45) is 0. The van der Waals surface area contributed by atoms with Crippen molar-refractivity contribution < 1.29 is 9.59 Å². The zero-order chi connectivity index (χ0) is 21.9. The molecule has 2 nitrogen and oxygen atoms in total. The second-order valence-electron chi connectivity index (χ2n) is 7.35. The summed E-state index contributed by atoms with van der Waals surface area (Å²) in [4.78, 5) is 26.9. The molecule has 2 heteroatoms. The van der Waals surface area contributed by atoms with Crippen molar-refractivity contribution in [3.05, 3.63) is 142 Å². The molecule has 0 radical (unpaired) electrons. The fraction of sp³-hybridized carbons (Fsp3) is 0. The monoisotopic (exact) mass is 408 g/mol. The van der Waals surface area contributed by atoms with Gasteiger partial charge in [0, 0.05) is 33.4 Å². The van der Waals surface area contributed by atoms with Gasteiger partial charge in [-0.1, -0.05) is 84.3 Å². The average Bonchev–Trinajstić information content (AvgIpc) is 2.86. The fourth-order valence-corrected chi connectivity index (χ4v) is 3.75. The highest BCUT2D eigenvalue weighted by Gasteiger charge is 2.33. The number of hydrogen-bond acceptors (Lipinski definition) is 2. The van der Waals surface area contributed by atoms with Crippen molar-refractivity contribution in [2.75, 3.05) is 0 Å². The molecule has 1 aliphatic carbocycles. The number of carbonyl (C=O) groups excluding carboxylic acids is 2. The van der Waals surface area contributed by atoms with Gasteiger partial charge in [0.2, 0.25) is 0 Å². The summed E-state index contributed by atoms with van der Waals surface area (Å²) < 4.78 is 0. The maximum Gasteiger partial charge on any atom is 0.195 e.